The Morgan fingerprint density at radius 1 is 1.35 bits per heavy atom. The molecule has 1 saturated heterocycles. The Morgan fingerprint density at radius 2 is 2.10 bits per heavy atom. The van der Waals surface area contributed by atoms with Crippen LogP contribution in [0.3, 0.4) is 0 Å². The van der Waals surface area contributed by atoms with E-state index in [1.54, 1.807) is 0 Å². The molecule has 0 amide bonds. The molecule has 0 saturated carbocycles. The molecular formula is C10H13N5O4S. The maximum atomic E-state index is 10.0. The van der Waals surface area contributed by atoms with Gasteiger partial charge in [0.2, 0.25) is 5.11 Å². The predicted molar refractivity (Wildman–Crippen MR) is 73.5 cm³/mol. The van der Waals surface area contributed by atoms with Crippen LogP contribution in [0.25, 0.3) is 0 Å². The first-order valence-corrected chi connectivity index (χ1v) is 6.34. The average molecular weight is 299 g/mol. The van der Waals surface area contributed by atoms with E-state index in [4.69, 9.17) is 27.8 Å². The highest BCUT2D eigenvalue weighted by molar-refractivity contribution is 7.80. The summed E-state index contributed by atoms with van der Waals surface area (Å²) in [5.74, 6) is 0.600. The fraction of sp³-hybridized carbons (Fsp3) is 0.600. The summed E-state index contributed by atoms with van der Waals surface area (Å²) >= 11 is 4.90. The van der Waals surface area contributed by atoms with Crippen LogP contribution in [0.1, 0.15) is 0 Å². The van der Waals surface area contributed by atoms with Crippen molar-refractivity contribution in [2.45, 2.75) is 30.6 Å². The van der Waals surface area contributed by atoms with Gasteiger partial charge in [0, 0.05) is 0 Å². The summed E-state index contributed by atoms with van der Waals surface area (Å²) in [6.45, 7) is -0.405. The van der Waals surface area contributed by atoms with Crippen LogP contribution in [0.2, 0.25) is 0 Å². The first-order valence-electron chi connectivity index (χ1n) is 5.93. The van der Waals surface area contributed by atoms with Crippen molar-refractivity contribution >= 4 is 35.3 Å². The number of fused-ring (bicyclic) bond motifs is 1. The van der Waals surface area contributed by atoms with E-state index in [2.05, 4.69) is 15.0 Å². The van der Waals surface area contributed by atoms with Gasteiger partial charge in [0.15, 0.2) is 12.3 Å². The third kappa shape index (κ3) is 1.93. The van der Waals surface area contributed by atoms with Gasteiger partial charge in [-0.2, -0.15) is 0 Å². The maximum Gasteiger partial charge on any atom is 0.222 e. The lowest BCUT2D eigenvalue weighted by Crippen LogP contribution is -2.50. The smallest absolute Gasteiger partial charge is 0.222 e. The topological polar surface area (TPSA) is 136 Å². The Labute approximate surface area is 119 Å². The van der Waals surface area contributed by atoms with Crippen LogP contribution in [-0.4, -0.2) is 80.5 Å². The minimum atomic E-state index is -1.21. The van der Waals surface area contributed by atoms with E-state index in [1.165, 1.54) is 11.2 Å². The molecule has 10 heteroatoms. The molecule has 9 nitrogen and oxygen atoms in total. The summed E-state index contributed by atoms with van der Waals surface area (Å²) in [5.41, 5.74) is 5.74. The molecule has 0 bridgehead atoms. The largest absolute Gasteiger partial charge is 0.394 e. The van der Waals surface area contributed by atoms with Crippen molar-refractivity contribution < 1.29 is 20.1 Å². The van der Waals surface area contributed by atoms with Crippen molar-refractivity contribution in [1.82, 2.24) is 4.90 Å². The fourth-order valence-corrected chi connectivity index (χ4v) is 2.53. The molecule has 3 aliphatic heterocycles. The maximum absolute atomic E-state index is 10.0. The Kier molecular flexibility index (Phi) is 3.26. The normalized spacial score (nSPS) is 39.9. The third-order valence-electron chi connectivity index (χ3n) is 3.36. The van der Waals surface area contributed by atoms with Gasteiger partial charge in [0.25, 0.3) is 0 Å². The Hall–Kier alpha value is -1.46. The molecule has 0 aromatic rings. The molecule has 5 atom stereocenters. The van der Waals surface area contributed by atoms with E-state index in [0.717, 1.165) is 0 Å². The molecule has 1 unspecified atom stereocenters. The lowest BCUT2D eigenvalue weighted by Gasteiger charge is -2.27. The van der Waals surface area contributed by atoms with Gasteiger partial charge < -0.3 is 25.8 Å². The SMILES string of the molecule is NC1=NC(=S)N=C2C1N=CN2[C@@H]1O[C@H](CO)[C@@H](O)[C@H]1O. The zero-order chi connectivity index (χ0) is 14.4. The van der Waals surface area contributed by atoms with Gasteiger partial charge in [-0.3, -0.25) is 9.89 Å². The zero-order valence-electron chi connectivity index (χ0n) is 10.2. The second kappa shape index (κ2) is 4.82. The molecule has 0 aromatic carbocycles. The van der Waals surface area contributed by atoms with E-state index < -0.39 is 37.2 Å². The first-order chi connectivity index (χ1) is 9.52. The van der Waals surface area contributed by atoms with Crippen LogP contribution in [0.4, 0.5) is 0 Å². The van der Waals surface area contributed by atoms with Gasteiger partial charge in [-0.25, -0.2) is 9.98 Å². The van der Waals surface area contributed by atoms with Crippen molar-refractivity contribution in [3.63, 3.8) is 0 Å². The number of thiocarbonyl (C=S) groups is 1. The Balaban J connectivity index is 1.86. The van der Waals surface area contributed by atoms with Crippen LogP contribution in [0.5, 0.6) is 0 Å². The molecule has 3 rings (SSSR count). The van der Waals surface area contributed by atoms with Crippen molar-refractivity contribution in [2.75, 3.05) is 6.61 Å². The van der Waals surface area contributed by atoms with Crippen molar-refractivity contribution in [3.8, 4) is 0 Å². The average Bonchev–Trinajstić information content (AvgIpc) is 2.93. The molecule has 108 valence electrons. The summed E-state index contributed by atoms with van der Waals surface area (Å²) < 4.78 is 5.42. The first kappa shape index (κ1) is 13.5. The number of hydrogen-bond acceptors (Lipinski definition) is 8. The van der Waals surface area contributed by atoms with Gasteiger partial charge >= 0.3 is 0 Å². The molecule has 1 fully saturated rings. The number of nitrogens with zero attached hydrogens (tertiary/aromatic N) is 4. The van der Waals surface area contributed by atoms with Gasteiger partial charge in [-0.1, -0.05) is 0 Å². The molecule has 3 heterocycles. The highest BCUT2D eigenvalue weighted by Gasteiger charge is 2.48. The Bertz CT molecular complexity index is 536. The van der Waals surface area contributed by atoms with Crippen LogP contribution in [-0.2, 0) is 4.74 Å². The fourth-order valence-electron chi connectivity index (χ4n) is 2.33. The monoisotopic (exact) mass is 299 g/mol. The molecule has 0 radical (unpaired) electrons. The second-order valence-corrected chi connectivity index (χ2v) is 4.96. The van der Waals surface area contributed by atoms with Crippen LogP contribution in [0.15, 0.2) is 15.0 Å². The van der Waals surface area contributed by atoms with Gasteiger partial charge in [0.05, 0.1) is 12.9 Å². The molecule has 0 aromatic heterocycles. The summed E-state index contributed by atoms with van der Waals surface area (Å²) in [5, 5.41) is 28.9. The van der Waals surface area contributed by atoms with Crippen LogP contribution < -0.4 is 5.73 Å². The van der Waals surface area contributed by atoms with E-state index in [9.17, 15) is 10.2 Å². The van der Waals surface area contributed by atoms with Crippen molar-refractivity contribution in [1.29, 1.82) is 0 Å². The molecular weight excluding hydrogens is 286 g/mol. The Morgan fingerprint density at radius 3 is 2.75 bits per heavy atom. The minimum absolute atomic E-state index is 0.0657. The van der Waals surface area contributed by atoms with Crippen LogP contribution in [0, 0.1) is 0 Å². The summed E-state index contributed by atoms with van der Waals surface area (Å²) in [6, 6.07) is -0.567. The number of aliphatic hydroxyl groups is 3. The predicted octanol–water partition coefficient (Wildman–Crippen LogP) is -2.81. The number of ether oxygens (including phenoxy) is 1. The zero-order valence-corrected chi connectivity index (χ0v) is 11.0. The lowest BCUT2D eigenvalue weighted by molar-refractivity contribution is -0.0509. The molecule has 5 N–H and O–H groups in total. The van der Waals surface area contributed by atoms with Gasteiger partial charge in [-0.05, 0) is 12.2 Å². The molecule has 0 aliphatic carbocycles. The molecule has 20 heavy (non-hydrogen) atoms. The summed E-state index contributed by atoms with van der Waals surface area (Å²) in [6.07, 6.45) is -2.79. The quantitative estimate of drug-likeness (QED) is 0.404. The number of nitrogens with two attached hydrogens (primary N) is 1. The highest BCUT2D eigenvalue weighted by atomic mass is 32.1. The number of rotatable bonds is 2. The van der Waals surface area contributed by atoms with E-state index in [0.29, 0.717) is 5.84 Å². The highest BCUT2D eigenvalue weighted by Crippen LogP contribution is 2.27. The van der Waals surface area contributed by atoms with E-state index >= 15 is 0 Å². The van der Waals surface area contributed by atoms with E-state index in [1.807, 2.05) is 0 Å². The summed E-state index contributed by atoms with van der Waals surface area (Å²) in [7, 11) is 0. The van der Waals surface area contributed by atoms with Crippen LogP contribution >= 0.6 is 12.2 Å². The summed E-state index contributed by atoms with van der Waals surface area (Å²) in [4.78, 5) is 13.5. The third-order valence-corrected chi connectivity index (χ3v) is 3.54. The number of hydrogen-bond donors (Lipinski definition) is 4. The van der Waals surface area contributed by atoms with Gasteiger partial charge in [-0.15, -0.1) is 0 Å². The number of aliphatic imine (C=N–C) groups is 3. The number of aliphatic hydroxyl groups excluding tert-OH is 3. The lowest BCUT2D eigenvalue weighted by atomic mass is 10.1. The minimum Gasteiger partial charge on any atom is -0.394 e. The van der Waals surface area contributed by atoms with Crippen molar-refractivity contribution in [3.05, 3.63) is 0 Å². The molecule has 0 spiro atoms. The number of amidine groups is 2. The van der Waals surface area contributed by atoms with Crippen molar-refractivity contribution in [2.24, 2.45) is 20.7 Å². The van der Waals surface area contributed by atoms with E-state index in [-0.39, 0.29) is 10.9 Å². The van der Waals surface area contributed by atoms with Gasteiger partial charge in [0.1, 0.15) is 30.0 Å². The molecule has 3 aliphatic rings. The standard InChI is InChI=1S/C10H13N5O4S/c11-7-4-8(14-10(20)13-7)15(2-12-4)9-6(18)5(17)3(1-16)19-9/h2-6,9,16-18H,1H2,(H2,11,13,20)/t3-,4?,5-,6-,9-/m1/s1. The second-order valence-electron chi connectivity index (χ2n) is 4.59.